The van der Waals surface area contributed by atoms with E-state index in [4.69, 9.17) is 16.3 Å². The second-order valence-electron chi connectivity index (χ2n) is 3.71. The normalized spacial score (nSPS) is 19.3. The van der Waals surface area contributed by atoms with Gasteiger partial charge in [-0.2, -0.15) is 5.26 Å². The lowest BCUT2D eigenvalue weighted by atomic mass is 10.2. The van der Waals surface area contributed by atoms with E-state index in [-0.39, 0.29) is 6.04 Å². The van der Waals surface area contributed by atoms with Gasteiger partial charge in [0.05, 0.1) is 25.0 Å². The molecule has 86 valence electrons. The molecule has 1 aliphatic heterocycles. The Morgan fingerprint density at radius 1 is 1.56 bits per heavy atom. The number of imidazole rings is 1. The van der Waals surface area contributed by atoms with Crippen LogP contribution in [0.1, 0.15) is 17.6 Å². The maximum absolute atomic E-state index is 9.23. The van der Waals surface area contributed by atoms with E-state index in [0.717, 1.165) is 18.9 Å². The summed E-state index contributed by atoms with van der Waals surface area (Å²) in [5, 5.41) is 9.61. The molecule has 0 saturated carbocycles. The fourth-order valence-corrected chi connectivity index (χ4v) is 2.10. The van der Waals surface area contributed by atoms with E-state index < -0.39 is 0 Å². The predicted molar refractivity (Wildman–Crippen MR) is 59.1 cm³/mol. The Morgan fingerprint density at radius 2 is 2.25 bits per heavy atom. The van der Waals surface area contributed by atoms with Crippen LogP contribution < -0.4 is 0 Å². The fourth-order valence-electron chi connectivity index (χ4n) is 1.83. The summed E-state index contributed by atoms with van der Waals surface area (Å²) in [6.07, 6.45) is 0. The van der Waals surface area contributed by atoms with Crippen molar-refractivity contribution < 1.29 is 4.74 Å². The standard InChI is InChI=1S/C10H13ClN4O/c1-7-13-9(10(11)14-7)8(6-12)15-2-4-16-5-3-15/h8H,2-5H2,1H3,(H,13,14). The van der Waals surface area contributed by atoms with Crippen LogP contribution in [-0.4, -0.2) is 41.2 Å². The molecule has 16 heavy (non-hydrogen) atoms. The first-order valence-electron chi connectivity index (χ1n) is 5.16. The van der Waals surface area contributed by atoms with Crippen LogP contribution in [0.25, 0.3) is 0 Å². The summed E-state index contributed by atoms with van der Waals surface area (Å²) < 4.78 is 5.26. The SMILES string of the molecule is Cc1nc(Cl)c(C(C#N)N2CCOCC2)[nH]1. The number of nitriles is 1. The number of aryl methyl sites for hydroxylation is 1. The molecular weight excluding hydrogens is 228 g/mol. The predicted octanol–water partition coefficient (Wildman–Crippen LogP) is 1.27. The summed E-state index contributed by atoms with van der Waals surface area (Å²) in [5.41, 5.74) is 0.684. The Bertz CT molecular complexity index is 405. The van der Waals surface area contributed by atoms with Gasteiger partial charge in [0.25, 0.3) is 0 Å². The third-order valence-electron chi connectivity index (χ3n) is 2.61. The molecule has 0 aromatic carbocycles. The number of nitrogens with one attached hydrogen (secondary N) is 1. The third kappa shape index (κ3) is 2.19. The highest BCUT2D eigenvalue weighted by Gasteiger charge is 2.26. The number of hydrogen-bond donors (Lipinski definition) is 1. The number of rotatable bonds is 2. The van der Waals surface area contributed by atoms with Crippen molar-refractivity contribution in [2.45, 2.75) is 13.0 Å². The quantitative estimate of drug-likeness (QED) is 0.846. The molecule has 0 bridgehead atoms. The number of H-pyrrole nitrogens is 1. The smallest absolute Gasteiger partial charge is 0.153 e. The summed E-state index contributed by atoms with van der Waals surface area (Å²) >= 11 is 5.99. The lowest BCUT2D eigenvalue weighted by molar-refractivity contribution is 0.0260. The van der Waals surface area contributed by atoms with Crippen LogP contribution in [0.5, 0.6) is 0 Å². The average molecular weight is 241 g/mol. The van der Waals surface area contributed by atoms with E-state index in [2.05, 4.69) is 16.0 Å². The largest absolute Gasteiger partial charge is 0.379 e. The summed E-state index contributed by atoms with van der Waals surface area (Å²) in [4.78, 5) is 9.16. The number of aromatic nitrogens is 2. The van der Waals surface area contributed by atoms with Gasteiger partial charge in [0.15, 0.2) is 5.15 Å². The van der Waals surface area contributed by atoms with Gasteiger partial charge < -0.3 is 9.72 Å². The molecule has 1 aromatic heterocycles. The number of aromatic amines is 1. The monoisotopic (exact) mass is 240 g/mol. The van der Waals surface area contributed by atoms with Crippen molar-refractivity contribution in [3.63, 3.8) is 0 Å². The highest BCUT2D eigenvalue weighted by molar-refractivity contribution is 6.30. The van der Waals surface area contributed by atoms with Crippen LogP contribution in [0.3, 0.4) is 0 Å². The summed E-state index contributed by atoms with van der Waals surface area (Å²) in [5.74, 6) is 0.730. The minimum absolute atomic E-state index is 0.363. The van der Waals surface area contributed by atoms with Crippen LogP contribution in [0, 0.1) is 18.3 Å². The molecule has 1 aliphatic rings. The zero-order chi connectivity index (χ0) is 11.5. The number of morpholine rings is 1. The first kappa shape index (κ1) is 11.4. The third-order valence-corrected chi connectivity index (χ3v) is 2.90. The van der Waals surface area contributed by atoms with E-state index in [9.17, 15) is 5.26 Å². The van der Waals surface area contributed by atoms with Gasteiger partial charge in [0.2, 0.25) is 0 Å². The summed E-state index contributed by atoms with van der Waals surface area (Å²) in [7, 11) is 0. The molecule has 2 heterocycles. The van der Waals surface area contributed by atoms with Gasteiger partial charge in [-0.05, 0) is 6.92 Å². The lowest BCUT2D eigenvalue weighted by Crippen LogP contribution is -2.38. The maximum Gasteiger partial charge on any atom is 0.153 e. The van der Waals surface area contributed by atoms with Crippen LogP contribution >= 0.6 is 11.6 Å². The van der Waals surface area contributed by atoms with E-state index >= 15 is 0 Å². The van der Waals surface area contributed by atoms with Gasteiger partial charge >= 0.3 is 0 Å². The van der Waals surface area contributed by atoms with Gasteiger partial charge in [-0.1, -0.05) is 11.6 Å². The Labute approximate surface area is 99.0 Å². The number of nitrogens with zero attached hydrogens (tertiary/aromatic N) is 3. The van der Waals surface area contributed by atoms with Crippen molar-refractivity contribution >= 4 is 11.6 Å². The van der Waals surface area contributed by atoms with Crippen molar-refractivity contribution in [2.75, 3.05) is 26.3 Å². The Kier molecular flexibility index (Phi) is 3.44. The molecule has 1 aromatic rings. The van der Waals surface area contributed by atoms with E-state index in [0.29, 0.717) is 24.1 Å². The first-order valence-corrected chi connectivity index (χ1v) is 5.53. The summed E-state index contributed by atoms with van der Waals surface area (Å²) in [6.45, 7) is 4.62. The molecule has 1 atom stereocenters. The molecule has 1 N–H and O–H groups in total. The maximum atomic E-state index is 9.23. The minimum Gasteiger partial charge on any atom is -0.379 e. The lowest BCUT2D eigenvalue weighted by Gasteiger charge is -2.29. The number of halogens is 1. The molecule has 0 aliphatic carbocycles. The molecule has 0 radical (unpaired) electrons. The molecule has 1 saturated heterocycles. The average Bonchev–Trinajstić information content (AvgIpc) is 2.61. The van der Waals surface area contributed by atoms with Gasteiger partial charge in [-0.15, -0.1) is 0 Å². The molecule has 1 fully saturated rings. The minimum atomic E-state index is -0.363. The zero-order valence-electron chi connectivity index (χ0n) is 9.03. The van der Waals surface area contributed by atoms with Crippen molar-refractivity contribution in [3.8, 4) is 6.07 Å². The van der Waals surface area contributed by atoms with Crippen molar-refractivity contribution in [1.82, 2.24) is 14.9 Å². The molecule has 0 amide bonds. The molecule has 1 unspecified atom stereocenters. The zero-order valence-corrected chi connectivity index (χ0v) is 9.79. The topological polar surface area (TPSA) is 64.9 Å². The van der Waals surface area contributed by atoms with Crippen LogP contribution in [0.2, 0.25) is 5.15 Å². The molecule has 5 nitrogen and oxygen atoms in total. The Balaban J connectivity index is 2.22. The van der Waals surface area contributed by atoms with Gasteiger partial charge in [0, 0.05) is 13.1 Å². The summed E-state index contributed by atoms with van der Waals surface area (Å²) in [6, 6.07) is 1.89. The highest BCUT2D eigenvalue weighted by Crippen LogP contribution is 2.25. The van der Waals surface area contributed by atoms with Crippen LogP contribution in [0.15, 0.2) is 0 Å². The van der Waals surface area contributed by atoms with Gasteiger partial charge in [-0.3, -0.25) is 4.90 Å². The van der Waals surface area contributed by atoms with E-state index in [1.54, 1.807) is 0 Å². The van der Waals surface area contributed by atoms with Crippen LogP contribution in [-0.2, 0) is 4.74 Å². The highest BCUT2D eigenvalue weighted by atomic mass is 35.5. The van der Waals surface area contributed by atoms with E-state index in [1.807, 2.05) is 11.8 Å². The van der Waals surface area contributed by atoms with Gasteiger partial charge in [0.1, 0.15) is 11.9 Å². The van der Waals surface area contributed by atoms with Crippen molar-refractivity contribution in [2.24, 2.45) is 0 Å². The molecule has 2 rings (SSSR count). The van der Waals surface area contributed by atoms with Crippen molar-refractivity contribution in [3.05, 3.63) is 16.7 Å². The molecule has 0 spiro atoms. The first-order chi connectivity index (χ1) is 7.72. The van der Waals surface area contributed by atoms with Gasteiger partial charge in [-0.25, -0.2) is 4.98 Å². The molecular formula is C10H13ClN4O. The van der Waals surface area contributed by atoms with E-state index in [1.165, 1.54) is 0 Å². The molecule has 6 heteroatoms. The Hall–Kier alpha value is -1.09. The number of ether oxygens (including phenoxy) is 1. The fraction of sp³-hybridized carbons (Fsp3) is 0.600. The second-order valence-corrected chi connectivity index (χ2v) is 4.06. The van der Waals surface area contributed by atoms with Crippen molar-refractivity contribution in [1.29, 1.82) is 5.26 Å². The van der Waals surface area contributed by atoms with Crippen LogP contribution in [0.4, 0.5) is 0 Å². The number of hydrogen-bond acceptors (Lipinski definition) is 4. The Morgan fingerprint density at radius 3 is 2.75 bits per heavy atom. The second kappa shape index (κ2) is 4.83.